The highest BCUT2D eigenvalue weighted by atomic mass is 32.2. The monoisotopic (exact) mass is 257 g/mol. The molecule has 0 spiro atoms. The van der Waals surface area contributed by atoms with Crippen LogP contribution in [0, 0.1) is 0 Å². The van der Waals surface area contributed by atoms with Gasteiger partial charge in [0.15, 0.2) is 11.9 Å². The Labute approximate surface area is 101 Å². The van der Waals surface area contributed by atoms with Gasteiger partial charge >= 0.3 is 0 Å². The fraction of sp³-hybridized carbons (Fsp3) is 0.545. The fourth-order valence-electron chi connectivity index (χ4n) is 2.07. The van der Waals surface area contributed by atoms with E-state index in [0.29, 0.717) is 13.1 Å². The highest BCUT2D eigenvalue weighted by Gasteiger charge is 2.37. The van der Waals surface area contributed by atoms with Crippen LogP contribution in [0.4, 0.5) is 0 Å². The molecule has 1 aliphatic heterocycles. The average Bonchev–Trinajstić information content (AvgIpc) is 2.56. The zero-order valence-electron chi connectivity index (χ0n) is 9.82. The lowest BCUT2D eigenvalue weighted by Gasteiger charge is -2.22. The average molecular weight is 257 g/mol. The maximum absolute atomic E-state index is 11.8. The van der Waals surface area contributed by atoms with Crippen molar-refractivity contribution >= 4 is 15.9 Å². The Morgan fingerprint density at radius 3 is 2.82 bits per heavy atom. The predicted molar refractivity (Wildman–Crippen MR) is 63.0 cm³/mol. The number of fused-ring (bicyclic) bond motifs is 1. The zero-order valence-corrected chi connectivity index (χ0v) is 10.6. The van der Waals surface area contributed by atoms with Gasteiger partial charge in [0.25, 0.3) is 10.1 Å². The molecule has 1 unspecified atom stereocenters. The molecule has 0 aromatic rings. The lowest BCUT2D eigenvalue weighted by molar-refractivity contribution is -0.118. The van der Waals surface area contributed by atoms with E-state index < -0.39 is 16.2 Å². The van der Waals surface area contributed by atoms with E-state index in [-0.39, 0.29) is 11.5 Å². The van der Waals surface area contributed by atoms with Crippen LogP contribution in [0.5, 0.6) is 0 Å². The summed E-state index contributed by atoms with van der Waals surface area (Å²) >= 11 is 0. The molecule has 0 radical (unpaired) electrons. The molecule has 0 saturated heterocycles. The second-order valence-corrected chi connectivity index (χ2v) is 6.08. The number of rotatable bonds is 3. The Morgan fingerprint density at radius 1 is 1.47 bits per heavy atom. The van der Waals surface area contributed by atoms with Crippen molar-refractivity contribution < 1.29 is 17.4 Å². The molecular weight excluding hydrogens is 242 g/mol. The smallest absolute Gasteiger partial charge is 0.268 e. The molecule has 0 bridgehead atoms. The lowest BCUT2D eigenvalue weighted by atomic mass is 9.98. The normalized spacial score (nSPS) is 24.9. The molecule has 1 N–H and O–H groups in total. The largest absolute Gasteiger partial charge is 0.309 e. The Bertz CT molecular complexity index is 516. The molecule has 0 aromatic heterocycles. The minimum absolute atomic E-state index is 0.128. The highest BCUT2D eigenvalue weighted by Crippen LogP contribution is 2.31. The molecule has 0 saturated carbocycles. The van der Waals surface area contributed by atoms with Crippen LogP contribution in [-0.2, 0) is 19.1 Å². The molecule has 0 amide bonds. The summed E-state index contributed by atoms with van der Waals surface area (Å²) in [5, 5.41) is 3.14. The summed E-state index contributed by atoms with van der Waals surface area (Å²) < 4.78 is 27.9. The molecule has 1 aliphatic carbocycles. The summed E-state index contributed by atoms with van der Waals surface area (Å²) in [5.41, 5.74) is 2.55. The SMILES string of the molecule is CCS(=O)(=O)OC1C(=O)C=C2CNCC(C)=C21. The van der Waals surface area contributed by atoms with E-state index in [1.807, 2.05) is 6.92 Å². The molecule has 6 heteroatoms. The third kappa shape index (κ3) is 2.34. The van der Waals surface area contributed by atoms with Crippen molar-refractivity contribution in [2.24, 2.45) is 0 Å². The molecule has 5 nitrogen and oxygen atoms in total. The Hall–Kier alpha value is -0.980. The van der Waals surface area contributed by atoms with Crippen molar-refractivity contribution in [1.82, 2.24) is 5.32 Å². The van der Waals surface area contributed by atoms with Gasteiger partial charge in [-0.05, 0) is 31.1 Å². The predicted octanol–water partition coefficient (Wildman–Crippen LogP) is 0.150. The summed E-state index contributed by atoms with van der Waals surface area (Å²) in [6.45, 7) is 4.62. The Morgan fingerprint density at radius 2 is 2.18 bits per heavy atom. The minimum Gasteiger partial charge on any atom is -0.309 e. The van der Waals surface area contributed by atoms with Gasteiger partial charge in [0, 0.05) is 13.1 Å². The van der Waals surface area contributed by atoms with Crippen molar-refractivity contribution in [2.75, 3.05) is 18.8 Å². The van der Waals surface area contributed by atoms with E-state index in [2.05, 4.69) is 5.32 Å². The van der Waals surface area contributed by atoms with Crippen LogP contribution in [0.3, 0.4) is 0 Å². The van der Waals surface area contributed by atoms with Crippen molar-refractivity contribution in [3.63, 3.8) is 0 Å². The van der Waals surface area contributed by atoms with Gasteiger partial charge in [-0.25, -0.2) is 0 Å². The van der Waals surface area contributed by atoms with Crippen molar-refractivity contribution in [3.8, 4) is 0 Å². The number of hydrogen-bond acceptors (Lipinski definition) is 5. The van der Waals surface area contributed by atoms with E-state index in [4.69, 9.17) is 4.18 Å². The van der Waals surface area contributed by atoms with Crippen LogP contribution in [0.15, 0.2) is 22.8 Å². The van der Waals surface area contributed by atoms with Gasteiger partial charge < -0.3 is 5.32 Å². The number of carbonyl (C=O) groups excluding carboxylic acids is 1. The molecule has 2 rings (SSSR count). The molecule has 0 fully saturated rings. The van der Waals surface area contributed by atoms with Crippen LogP contribution < -0.4 is 5.32 Å². The van der Waals surface area contributed by atoms with E-state index in [1.165, 1.54) is 13.0 Å². The summed E-state index contributed by atoms with van der Waals surface area (Å²) in [6, 6.07) is 0. The summed E-state index contributed by atoms with van der Waals surface area (Å²) in [7, 11) is -3.62. The van der Waals surface area contributed by atoms with Gasteiger partial charge in [-0.1, -0.05) is 5.57 Å². The first-order valence-electron chi connectivity index (χ1n) is 5.50. The molecular formula is C11H15NO4S. The third-order valence-corrected chi connectivity index (χ3v) is 4.14. The van der Waals surface area contributed by atoms with E-state index >= 15 is 0 Å². The quantitative estimate of drug-likeness (QED) is 0.729. The highest BCUT2D eigenvalue weighted by molar-refractivity contribution is 7.86. The van der Waals surface area contributed by atoms with Gasteiger partial charge in [0.1, 0.15) is 0 Å². The summed E-state index contributed by atoms with van der Waals surface area (Å²) in [4.78, 5) is 11.8. The number of ketones is 1. The van der Waals surface area contributed by atoms with Crippen molar-refractivity contribution in [3.05, 3.63) is 22.8 Å². The maximum Gasteiger partial charge on any atom is 0.268 e. The first-order chi connectivity index (χ1) is 7.94. The Kier molecular flexibility index (Phi) is 3.20. The van der Waals surface area contributed by atoms with Crippen LogP contribution >= 0.6 is 0 Å². The van der Waals surface area contributed by atoms with Crippen molar-refractivity contribution in [1.29, 1.82) is 0 Å². The van der Waals surface area contributed by atoms with Crippen LogP contribution in [-0.4, -0.2) is 39.1 Å². The minimum atomic E-state index is -3.62. The second-order valence-electron chi connectivity index (χ2n) is 4.19. The van der Waals surface area contributed by atoms with Gasteiger partial charge in [-0.15, -0.1) is 0 Å². The summed E-state index contributed by atoms with van der Waals surface area (Å²) in [5.74, 6) is -0.411. The van der Waals surface area contributed by atoms with E-state index in [9.17, 15) is 13.2 Å². The Balaban J connectivity index is 2.34. The molecule has 1 atom stereocenters. The summed E-state index contributed by atoms with van der Waals surface area (Å²) in [6.07, 6.45) is 0.512. The second kappa shape index (κ2) is 4.36. The number of nitrogens with one attached hydrogen (secondary N) is 1. The number of carbonyl (C=O) groups is 1. The van der Waals surface area contributed by atoms with Crippen LogP contribution in [0.1, 0.15) is 13.8 Å². The van der Waals surface area contributed by atoms with Gasteiger partial charge in [0.05, 0.1) is 5.75 Å². The van der Waals surface area contributed by atoms with Gasteiger partial charge in [-0.3, -0.25) is 8.98 Å². The van der Waals surface area contributed by atoms with E-state index in [0.717, 1.165) is 16.7 Å². The van der Waals surface area contributed by atoms with Gasteiger partial charge in [0.2, 0.25) is 0 Å². The van der Waals surface area contributed by atoms with Crippen LogP contribution in [0.25, 0.3) is 0 Å². The zero-order chi connectivity index (χ0) is 12.6. The topological polar surface area (TPSA) is 72.5 Å². The molecule has 17 heavy (non-hydrogen) atoms. The standard InChI is InChI=1S/C11H15NO4S/c1-3-17(14,15)16-11-9(13)4-8-6-12-5-7(2)10(8)11/h4,11-12H,3,5-6H2,1-2H3. The molecule has 1 heterocycles. The first kappa shape index (κ1) is 12.5. The van der Waals surface area contributed by atoms with Crippen LogP contribution in [0.2, 0.25) is 0 Å². The first-order valence-corrected chi connectivity index (χ1v) is 7.08. The molecule has 2 aliphatic rings. The van der Waals surface area contributed by atoms with E-state index in [1.54, 1.807) is 0 Å². The lowest BCUT2D eigenvalue weighted by Crippen LogP contribution is -2.32. The van der Waals surface area contributed by atoms with Crippen molar-refractivity contribution in [2.45, 2.75) is 20.0 Å². The molecule has 0 aromatic carbocycles. The maximum atomic E-state index is 11.8. The molecule has 94 valence electrons. The number of hydrogen-bond donors (Lipinski definition) is 1. The van der Waals surface area contributed by atoms with Gasteiger partial charge in [-0.2, -0.15) is 8.42 Å². The third-order valence-electron chi connectivity index (χ3n) is 2.94. The fourth-order valence-corrected chi connectivity index (χ4v) is 2.69.